The van der Waals surface area contributed by atoms with Gasteiger partial charge in [0.25, 0.3) is 11.8 Å². The number of methoxy groups -OCH3 is 1. The van der Waals surface area contributed by atoms with Gasteiger partial charge < -0.3 is 24.8 Å². The van der Waals surface area contributed by atoms with E-state index in [0.29, 0.717) is 37.3 Å². The number of carbonyl (C=O) groups is 1. The minimum atomic E-state index is -3.72. The molecule has 0 radical (unpaired) electrons. The third kappa shape index (κ3) is 4.82. The molecule has 2 N–H and O–H groups in total. The molecule has 1 amide bonds. The number of halogens is 4. The Morgan fingerprint density at radius 1 is 1.34 bits per heavy atom. The van der Waals surface area contributed by atoms with Crippen LogP contribution in [0, 0.1) is 5.82 Å². The molecule has 0 bridgehead atoms. The van der Waals surface area contributed by atoms with Crippen LogP contribution >= 0.6 is 11.6 Å². The van der Waals surface area contributed by atoms with Crippen LogP contribution in [0.5, 0.6) is 0 Å². The van der Waals surface area contributed by atoms with Crippen molar-refractivity contribution >= 4 is 23.3 Å². The van der Waals surface area contributed by atoms with Crippen LogP contribution in [-0.4, -0.2) is 58.4 Å². The van der Waals surface area contributed by atoms with Crippen molar-refractivity contribution in [1.29, 1.82) is 0 Å². The number of hydrogen-bond acceptors (Lipinski definition) is 7. The second kappa shape index (κ2) is 9.88. The van der Waals surface area contributed by atoms with Gasteiger partial charge in [-0.3, -0.25) is 4.79 Å². The molecule has 190 valence electrons. The molecule has 1 aromatic carbocycles. The third-order valence-electron chi connectivity index (χ3n) is 6.56. The number of aliphatic hydroxyl groups is 1. The summed E-state index contributed by atoms with van der Waals surface area (Å²) in [5.74, 6) is -4.76. The van der Waals surface area contributed by atoms with E-state index in [1.54, 1.807) is 11.8 Å². The van der Waals surface area contributed by atoms with Crippen LogP contribution in [0.4, 0.5) is 19.0 Å². The van der Waals surface area contributed by atoms with E-state index in [9.17, 15) is 18.0 Å². The summed E-state index contributed by atoms with van der Waals surface area (Å²) >= 11 is 6.12. The smallest absolute Gasteiger partial charge is 0.298 e. The molecule has 8 nitrogen and oxygen atoms in total. The van der Waals surface area contributed by atoms with Gasteiger partial charge in [0.15, 0.2) is 5.60 Å². The molecule has 3 heterocycles. The molecule has 0 spiro atoms. The van der Waals surface area contributed by atoms with Gasteiger partial charge in [0, 0.05) is 44.3 Å². The van der Waals surface area contributed by atoms with E-state index >= 15 is 0 Å². The lowest BCUT2D eigenvalue weighted by molar-refractivity contribution is -0.167. The molecular formula is C23H26ClF3N4O4. The number of nitrogens with zero attached hydrogens (tertiary/aromatic N) is 3. The molecule has 2 aromatic rings. The first-order valence-electron chi connectivity index (χ1n) is 11.1. The van der Waals surface area contributed by atoms with Gasteiger partial charge in [-0.2, -0.15) is 8.78 Å². The molecule has 1 aromatic heterocycles. The second-order valence-electron chi connectivity index (χ2n) is 8.68. The highest BCUT2D eigenvalue weighted by Crippen LogP contribution is 2.36. The van der Waals surface area contributed by atoms with E-state index in [0.717, 1.165) is 6.07 Å². The van der Waals surface area contributed by atoms with Crippen LogP contribution in [0.3, 0.4) is 0 Å². The number of nitrogens with one attached hydrogen (secondary N) is 1. The Balaban J connectivity index is 1.59. The van der Waals surface area contributed by atoms with Crippen molar-refractivity contribution < 1.29 is 32.5 Å². The number of ether oxygens (including phenoxy) is 2. The van der Waals surface area contributed by atoms with Crippen molar-refractivity contribution in [3.63, 3.8) is 0 Å². The van der Waals surface area contributed by atoms with E-state index in [1.807, 2.05) is 0 Å². The summed E-state index contributed by atoms with van der Waals surface area (Å²) in [4.78, 5) is 23.4. The van der Waals surface area contributed by atoms with Crippen molar-refractivity contribution in [1.82, 2.24) is 14.9 Å². The number of amides is 1. The average molecular weight is 515 g/mol. The number of hydrogen-bond donors (Lipinski definition) is 2. The number of alkyl halides is 2. The average Bonchev–Trinajstić information content (AvgIpc) is 3.28. The van der Waals surface area contributed by atoms with Gasteiger partial charge >= 0.3 is 0 Å². The fraction of sp³-hybridized carbons (Fsp3) is 0.522. The summed E-state index contributed by atoms with van der Waals surface area (Å²) < 4.78 is 53.9. The van der Waals surface area contributed by atoms with E-state index in [-0.39, 0.29) is 35.7 Å². The molecule has 2 aliphatic heterocycles. The summed E-state index contributed by atoms with van der Waals surface area (Å²) in [7, 11) is 1.50. The van der Waals surface area contributed by atoms with Gasteiger partial charge in [-0.1, -0.05) is 12.1 Å². The Bertz CT molecular complexity index is 1110. The molecule has 35 heavy (non-hydrogen) atoms. The number of rotatable bonds is 7. The summed E-state index contributed by atoms with van der Waals surface area (Å²) in [6, 6.07) is 2.82. The van der Waals surface area contributed by atoms with E-state index in [4.69, 9.17) is 26.2 Å². The number of aliphatic hydroxyl groups excluding tert-OH is 1. The van der Waals surface area contributed by atoms with Crippen molar-refractivity contribution in [3.8, 4) is 0 Å². The summed E-state index contributed by atoms with van der Waals surface area (Å²) in [6.45, 7) is 1.27. The lowest BCUT2D eigenvalue weighted by atomic mass is 9.92. The fourth-order valence-electron chi connectivity index (χ4n) is 4.52. The lowest BCUT2D eigenvalue weighted by Crippen LogP contribution is -2.51. The molecule has 1 atom stereocenters. The molecule has 1 saturated heterocycles. The zero-order chi connectivity index (χ0) is 25.4. The van der Waals surface area contributed by atoms with E-state index in [2.05, 4.69) is 15.3 Å². The lowest BCUT2D eigenvalue weighted by Gasteiger charge is -2.37. The molecule has 1 unspecified atom stereocenters. The Labute approximate surface area is 205 Å². The molecule has 12 heteroatoms. The quantitative estimate of drug-likeness (QED) is 0.545. The first-order valence-corrected chi connectivity index (χ1v) is 11.5. The van der Waals surface area contributed by atoms with Gasteiger partial charge in [-0.15, -0.1) is 0 Å². The van der Waals surface area contributed by atoms with Gasteiger partial charge in [-0.05, 0) is 24.6 Å². The van der Waals surface area contributed by atoms with Crippen LogP contribution in [0.1, 0.15) is 48.2 Å². The van der Waals surface area contributed by atoms with Crippen LogP contribution in [0.15, 0.2) is 18.2 Å². The molecule has 1 fully saturated rings. The minimum Gasteiger partial charge on any atom is -0.390 e. The zero-order valence-corrected chi connectivity index (χ0v) is 20.0. The van der Waals surface area contributed by atoms with Gasteiger partial charge in [0.05, 0.1) is 30.4 Å². The first-order chi connectivity index (χ1) is 16.6. The van der Waals surface area contributed by atoms with Crippen molar-refractivity contribution in [2.75, 3.05) is 32.2 Å². The maximum absolute atomic E-state index is 14.9. The predicted molar refractivity (Wildman–Crippen MR) is 121 cm³/mol. The van der Waals surface area contributed by atoms with Crippen LogP contribution in [0.25, 0.3) is 0 Å². The number of carbonyl (C=O) groups excluding carboxylic acids is 1. The third-order valence-corrected chi connectivity index (χ3v) is 6.73. The van der Waals surface area contributed by atoms with Crippen LogP contribution in [0.2, 0.25) is 5.28 Å². The Morgan fingerprint density at radius 3 is 2.71 bits per heavy atom. The van der Waals surface area contributed by atoms with Crippen molar-refractivity contribution in [2.45, 2.75) is 50.4 Å². The zero-order valence-electron chi connectivity index (χ0n) is 19.3. The topological polar surface area (TPSA) is 96.8 Å². The Hall–Kier alpha value is -2.47. The largest absolute Gasteiger partial charge is 0.390 e. The van der Waals surface area contributed by atoms with Gasteiger partial charge in [0.2, 0.25) is 5.28 Å². The molecule has 4 rings (SSSR count). The van der Waals surface area contributed by atoms with Gasteiger partial charge in [-0.25, -0.2) is 14.4 Å². The van der Waals surface area contributed by atoms with Crippen LogP contribution in [-0.2, 0) is 33.3 Å². The Kier molecular flexibility index (Phi) is 7.23. The Morgan fingerprint density at radius 2 is 2.06 bits per heavy atom. The summed E-state index contributed by atoms with van der Waals surface area (Å²) in [5.41, 5.74) is -0.779. The minimum absolute atomic E-state index is 0.0365. The monoisotopic (exact) mass is 514 g/mol. The van der Waals surface area contributed by atoms with Crippen molar-refractivity contribution in [3.05, 3.63) is 51.7 Å². The van der Waals surface area contributed by atoms with E-state index < -0.39 is 35.6 Å². The fourth-order valence-corrected chi connectivity index (χ4v) is 4.70. The number of aromatic nitrogens is 2. The highest BCUT2D eigenvalue weighted by molar-refractivity contribution is 6.28. The highest BCUT2D eigenvalue weighted by atomic mass is 35.5. The second-order valence-corrected chi connectivity index (χ2v) is 9.01. The molecule has 0 saturated carbocycles. The maximum Gasteiger partial charge on any atom is 0.298 e. The van der Waals surface area contributed by atoms with Crippen LogP contribution < -0.4 is 5.32 Å². The predicted octanol–water partition coefficient (Wildman–Crippen LogP) is 3.56. The maximum atomic E-state index is 14.9. The molecule has 2 aliphatic rings. The number of fused-ring (bicyclic) bond motifs is 1. The summed E-state index contributed by atoms with van der Waals surface area (Å²) in [5, 5.41) is 11.9. The van der Waals surface area contributed by atoms with Crippen molar-refractivity contribution in [2.24, 2.45) is 0 Å². The number of anilines is 1. The van der Waals surface area contributed by atoms with Gasteiger partial charge in [0.1, 0.15) is 18.2 Å². The first kappa shape index (κ1) is 25.6. The molecular weight excluding hydrogens is 489 g/mol. The normalized spacial score (nSPS) is 18.3. The van der Waals surface area contributed by atoms with E-state index in [1.165, 1.54) is 19.2 Å². The highest BCUT2D eigenvalue weighted by Gasteiger charge is 2.45. The molecule has 0 aliphatic carbocycles. The standard InChI is InChI=1S/C23H26ClF3N4O4/c1-13(14-4-3-5-16(18(14)25)23(26,27)12-32)28-19-15-10-31(11-17(15)29-21(24)30-19)20(33)22(34-2)6-8-35-9-7-22/h3-5,13,32H,6-12H2,1-2H3,(H,28,29,30). The number of benzene rings is 1. The summed E-state index contributed by atoms with van der Waals surface area (Å²) in [6.07, 6.45) is 0.857. The SMILES string of the molecule is COC1(C(=O)N2Cc3nc(Cl)nc(NC(C)c4cccc(C(F)(F)CO)c4F)c3C2)CCOCC1.